The monoisotopic (exact) mass is 376 g/mol. The van der Waals surface area contributed by atoms with E-state index in [1.807, 2.05) is 36.4 Å². The van der Waals surface area contributed by atoms with Crippen molar-refractivity contribution in [2.24, 2.45) is 0 Å². The highest BCUT2D eigenvalue weighted by Gasteiger charge is 2.11. The first-order valence-electron chi connectivity index (χ1n) is 8.70. The zero-order valence-corrected chi connectivity index (χ0v) is 15.3. The van der Waals surface area contributed by atoms with Gasteiger partial charge in [-0.05, 0) is 48.5 Å². The van der Waals surface area contributed by atoms with Crippen LogP contribution < -0.4 is 20.1 Å². The molecule has 0 aromatic heterocycles. The Morgan fingerprint density at radius 1 is 0.821 bits per heavy atom. The summed E-state index contributed by atoms with van der Waals surface area (Å²) in [5.41, 5.74) is 0.969. The second-order valence-electron chi connectivity index (χ2n) is 5.87. The van der Waals surface area contributed by atoms with Crippen molar-refractivity contribution in [3.63, 3.8) is 0 Å². The molecule has 0 aliphatic carbocycles. The lowest BCUT2D eigenvalue weighted by Crippen LogP contribution is -2.32. The number of para-hydroxylation sites is 3. The molecule has 0 spiro atoms. The van der Waals surface area contributed by atoms with Crippen LogP contribution in [-0.2, 0) is 4.79 Å². The second-order valence-corrected chi connectivity index (χ2v) is 5.87. The molecule has 0 heterocycles. The van der Waals surface area contributed by atoms with Crippen LogP contribution in [0.2, 0.25) is 0 Å². The Balaban J connectivity index is 1.58. The first kappa shape index (κ1) is 19.0. The molecule has 142 valence electrons. The molecule has 0 radical (unpaired) electrons. The van der Waals surface area contributed by atoms with E-state index >= 15 is 0 Å². The number of methoxy groups -OCH3 is 1. The zero-order valence-electron chi connectivity index (χ0n) is 15.3. The van der Waals surface area contributed by atoms with Crippen LogP contribution in [0.15, 0.2) is 78.9 Å². The van der Waals surface area contributed by atoms with Crippen molar-refractivity contribution in [2.75, 3.05) is 19.0 Å². The van der Waals surface area contributed by atoms with Gasteiger partial charge in [-0.3, -0.25) is 9.59 Å². The summed E-state index contributed by atoms with van der Waals surface area (Å²) in [7, 11) is 1.55. The fourth-order valence-corrected chi connectivity index (χ4v) is 2.47. The van der Waals surface area contributed by atoms with Crippen molar-refractivity contribution in [2.45, 2.75) is 0 Å². The van der Waals surface area contributed by atoms with Gasteiger partial charge in [0.25, 0.3) is 5.91 Å². The first-order chi connectivity index (χ1) is 13.7. The van der Waals surface area contributed by atoms with Gasteiger partial charge in [0, 0.05) is 5.56 Å². The van der Waals surface area contributed by atoms with Gasteiger partial charge in [0.05, 0.1) is 19.3 Å². The van der Waals surface area contributed by atoms with Gasteiger partial charge < -0.3 is 20.1 Å². The van der Waals surface area contributed by atoms with Gasteiger partial charge in [-0.25, -0.2) is 0 Å². The molecule has 0 aliphatic rings. The largest absolute Gasteiger partial charge is 0.497 e. The minimum Gasteiger partial charge on any atom is -0.497 e. The summed E-state index contributed by atoms with van der Waals surface area (Å²) < 4.78 is 10.9. The van der Waals surface area contributed by atoms with E-state index in [9.17, 15) is 9.59 Å². The standard InChI is InChI=1S/C22H20N2O4/c1-27-17-13-11-16(12-14-17)22(26)23-15-21(25)24-19-9-5-6-10-20(19)28-18-7-3-2-4-8-18/h2-14H,15H2,1H3,(H,23,26)(H,24,25). The average molecular weight is 376 g/mol. The fraction of sp³-hybridized carbons (Fsp3) is 0.0909. The van der Waals surface area contributed by atoms with Gasteiger partial charge in [0.15, 0.2) is 5.75 Å². The molecule has 0 bridgehead atoms. The molecular weight excluding hydrogens is 356 g/mol. The molecule has 0 saturated heterocycles. The Morgan fingerprint density at radius 3 is 2.21 bits per heavy atom. The van der Waals surface area contributed by atoms with Crippen LogP contribution in [0, 0.1) is 0 Å². The number of anilines is 1. The number of hydrogen-bond donors (Lipinski definition) is 2. The molecule has 6 heteroatoms. The quantitative estimate of drug-likeness (QED) is 0.657. The lowest BCUT2D eigenvalue weighted by molar-refractivity contribution is -0.115. The summed E-state index contributed by atoms with van der Waals surface area (Å²) in [4.78, 5) is 24.4. The predicted octanol–water partition coefficient (Wildman–Crippen LogP) is 3.86. The molecule has 0 fully saturated rings. The molecule has 2 N–H and O–H groups in total. The Morgan fingerprint density at radius 2 is 1.50 bits per heavy atom. The Labute approximate surface area is 163 Å². The van der Waals surface area contributed by atoms with E-state index in [1.165, 1.54) is 0 Å². The van der Waals surface area contributed by atoms with Gasteiger partial charge in [-0.15, -0.1) is 0 Å². The Hall–Kier alpha value is -3.80. The third-order valence-corrected chi connectivity index (χ3v) is 3.89. The second kappa shape index (κ2) is 9.23. The maximum Gasteiger partial charge on any atom is 0.251 e. The van der Waals surface area contributed by atoms with Gasteiger partial charge in [0.1, 0.15) is 11.5 Å². The van der Waals surface area contributed by atoms with E-state index in [0.29, 0.717) is 28.5 Å². The van der Waals surface area contributed by atoms with Crippen LogP contribution >= 0.6 is 0 Å². The number of benzene rings is 3. The Kier molecular flexibility index (Phi) is 6.25. The number of rotatable bonds is 7. The highest BCUT2D eigenvalue weighted by Crippen LogP contribution is 2.28. The highest BCUT2D eigenvalue weighted by molar-refractivity contribution is 5.99. The molecular formula is C22H20N2O4. The maximum atomic E-state index is 12.3. The van der Waals surface area contributed by atoms with Crippen molar-refractivity contribution in [3.05, 3.63) is 84.4 Å². The molecule has 0 aliphatic heterocycles. The zero-order chi connectivity index (χ0) is 19.8. The van der Waals surface area contributed by atoms with Crippen LogP contribution in [0.1, 0.15) is 10.4 Å². The fourth-order valence-electron chi connectivity index (χ4n) is 2.47. The van der Waals surface area contributed by atoms with Crippen molar-refractivity contribution >= 4 is 17.5 Å². The van der Waals surface area contributed by atoms with Crippen LogP contribution in [0.3, 0.4) is 0 Å². The number of carbonyl (C=O) groups is 2. The normalized spacial score (nSPS) is 10.0. The summed E-state index contributed by atoms with van der Waals surface area (Å²) in [5, 5.41) is 5.35. The molecule has 6 nitrogen and oxygen atoms in total. The summed E-state index contributed by atoms with van der Waals surface area (Å²) in [5.74, 6) is 1.14. The molecule has 0 unspecified atom stereocenters. The minimum absolute atomic E-state index is 0.162. The summed E-state index contributed by atoms with van der Waals surface area (Å²) in [6.45, 7) is -0.162. The molecule has 0 saturated carbocycles. The lowest BCUT2D eigenvalue weighted by Gasteiger charge is -2.12. The average Bonchev–Trinajstić information content (AvgIpc) is 2.74. The predicted molar refractivity (Wildman–Crippen MR) is 107 cm³/mol. The van der Waals surface area contributed by atoms with Gasteiger partial charge >= 0.3 is 0 Å². The Bertz CT molecular complexity index is 940. The van der Waals surface area contributed by atoms with E-state index < -0.39 is 0 Å². The molecule has 3 aromatic carbocycles. The van der Waals surface area contributed by atoms with Crippen molar-refractivity contribution < 1.29 is 19.1 Å². The van der Waals surface area contributed by atoms with Crippen LogP contribution in [0.5, 0.6) is 17.2 Å². The maximum absolute atomic E-state index is 12.3. The van der Waals surface area contributed by atoms with Gasteiger partial charge in [0.2, 0.25) is 5.91 Å². The van der Waals surface area contributed by atoms with Crippen molar-refractivity contribution in [1.82, 2.24) is 5.32 Å². The number of carbonyl (C=O) groups excluding carboxylic acids is 2. The van der Waals surface area contributed by atoms with Crippen molar-refractivity contribution in [1.29, 1.82) is 0 Å². The number of amides is 2. The van der Waals surface area contributed by atoms with E-state index in [4.69, 9.17) is 9.47 Å². The van der Waals surface area contributed by atoms with Crippen LogP contribution in [-0.4, -0.2) is 25.5 Å². The molecule has 3 rings (SSSR count). The van der Waals surface area contributed by atoms with Gasteiger partial charge in [-0.2, -0.15) is 0 Å². The van der Waals surface area contributed by atoms with Gasteiger partial charge in [-0.1, -0.05) is 30.3 Å². The summed E-state index contributed by atoms with van der Waals surface area (Å²) in [6, 6.07) is 23.0. The van der Waals surface area contributed by atoms with E-state index in [-0.39, 0.29) is 18.4 Å². The summed E-state index contributed by atoms with van der Waals surface area (Å²) >= 11 is 0. The van der Waals surface area contributed by atoms with Crippen molar-refractivity contribution in [3.8, 4) is 17.2 Å². The molecule has 0 atom stereocenters. The molecule has 2 amide bonds. The number of ether oxygens (including phenoxy) is 2. The van der Waals surface area contributed by atoms with Crippen LogP contribution in [0.25, 0.3) is 0 Å². The summed E-state index contributed by atoms with van der Waals surface area (Å²) in [6.07, 6.45) is 0. The third-order valence-electron chi connectivity index (χ3n) is 3.89. The van der Waals surface area contributed by atoms with E-state index in [1.54, 1.807) is 49.6 Å². The number of nitrogens with one attached hydrogen (secondary N) is 2. The topological polar surface area (TPSA) is 76.7 Å². The minimum atomic E-state index is -0.356. The van der Waals surface area contributed by atoms with Crippen LogP contribution in [0.4, 0.5) is 5.69 Å². The smallest absolute Gasteiger partial charge is 0.251 e. The number of hydrogen-bond acceptors (Lipinski definition) is 4. The van der Waals surface area contributed by atoms with E-state index in [0.717, 1.165) is 0 Å². The molecule has 3 aromatic rings. The first-order valence-corrected chi connectivity index (χ1v) is 8.70. The molecule has 28 heavy (non-hydrogen) atoms. The SMILES string of the molecule is COc1ccc(C(=O)NCC(=O)Nc2ccccc2Oc2ccccc2)cc1. The third kappa shape index (κ3) is 5.11. The lowest BCUT2D eigenvalue weighted by atomic mass is 10.2. The highest BCUT2D eigenvalue weighted by atomic mass is 16.5. The van der Waals surface area contributed by atoms with E-state index in [2.05, 4.69) is 10.6 Å².